The van der Waals surface area contributed by atoms with Crippen molar-refractivity contribution in [1.29, 1.82) is 0 Å². The zero-order chi connectivity index (χ0) is 28.6. The lowest BCUT2D eigenvalue weighted by atomic mass is 10.0. The Labute approximate surface area is 239 Å². The third-order valence-electron chi connectivity index (χ3n) is 7.35. The molecule has 2 amide bonds. The maximum Gasteiger partial charge on any atom is 0.287 e. The molecule has 0 saturated carbocycles. The molecule has 3 N–H and O–H groups in total. The highest BCUT2D eigenvalue weighted by Crippen LogP contribution is 2.38. The number of ether oxygens (including phenoxy) is 2. The summed E-state index contributed by atoms with van der Waals surface area (Å²) in [6.07, 6.45) is 3.00. The van der Waals surface area contributed by atoms with Crippen LogP contribution in [0.4, 0.5) is 0 Å². The highest BCUT2D eigenvalue weighted by molar-refractivity contribution is 6.33. The van der Waals surface area contributed by atoms with Crippen LogP contribution >= 0.6 is 11.6 Å². The van der Waals surface area contributed by atoms with E-state index in [0.717, 1.165) is 37.7 Å². The third-order valence-corrected chi connectivity index (χ3v) is 7.63. The summed E-state index contributed by atoms with van der Waals surface area (Å²) in [5.74, 6) is -0.253. The number of likely N-dealkylation sites (tertiary alicyclic amines) is 1. The molecule has 2 heterocycles. The highest BCUT2D eigenvalue weighted by atomic mass is 35.5. The zero-order valence-electron chi connectivity index (χ0n) is 23.3. The molecule has 0 spiro atoms. The van der Waals surface area contributed by atoms with Gasteiger partial charge in [0.25, 0.3) is 11.8 Å². The van der Waals surface area contributed by atoms with E-state index in [1.807, 2.05) is 31.2 Å². The van der Waals surface area contributed by atoms with Crippen LogP contribution in [-0.4, -0.2) is 73.9 Å². The largest absolute Gasteiger partial charge is 0.507 e. The fraction of sp³-hybridized carbons (Fsp3) is 0.467. The van der Waals surface area contributed by atoms with E-state index < -0.39 is 5.91 Å². The Morgan fingerprint density at radius 1 is 1.15 bits per heavy atom. The molecule has 1 fully saturated rings. The van der Waals surface area contributed by atoms with Gasteiger partial charge in [-0.1, -0.05) is 43.6 Å². The van der Waals surface area contributed by atoms with E-state index in [1.165, 1.54) is 7.11 Å². The van der Waals surface area contributed by atoms with Crippen molar-refractivity contribution in [2.75, 3.05) is 39.9 Å². The van der Waals surface area contributed by atoms with Crippen LogP contribution in [0.15, 0.2) is 40.8 Å². The number of benzene rings is 2. The quantitative estimate of drug-likeness (QED) is 0.253. The minimum Gasteiger partial charge on any atom is -0.507 e. The minimum atomic E-state index is -0.420. The van der Waals surface area contributed by atoms with Crippen LogP contribution in [0.1, 0.15) is 59.6 Å². The van der Waals surface area contributed by atoms with E-state index in [2.05, 4.69) is 22.5 Å². The normalized spacial score (nSPS) is 17.3. The maximum atomic E-state index is 13.1. The van der Waals surface area contributed by atoms with Crippen LogP contribution in [0, 0.1) is 0 Å². The van der Waals surface area contributed by atoms with Crippen LogP contribution in [0.3, 0.4) is 0 Å². The number of furan rings is 1. The first-order valence-electron chi connectivity index (χ1n) is 13.8. The molecule has 1 saturated heterocycles. The topological polar surface area (TPSA) is 113 Å². The van der Waals surface area contributed by atoms with Crippen molar-refractivity contribution in [3.63, 3.8) is 0 Å². The number of rotatable bonds is 13. The molecule has 10 heteroatoms. The fourth-order valence-electron chi connectivity index (χ4n) is 5.17. The molecule has 3 aromatic rings. The van der Waals surface area contributed by atoms with Gasteiger partial charge in [-0.3, -0.25) is 14.5 Å². The van der Waals surface area contributed by atoms with Gasteiger partial charge in [0.05, 0.1) is 18.2 Å². The van der Waals surface area contributed by atoms with Gasteiger partial charge in [0.2, 0.25) is 0 Å². The number of phenolic OH excluding ortho intramolecular Hbond substituents is 1. The molecular formula is C30H38ClN3O6. The number of hydrogen-bond donors (Lipinski definition) is 3. The number of aryl methyl sites for hydroxylation is 1. The smallest absolute Gasteiger partial charge is 0.287 e. The van der Waals surface area contributed by atoms with Crippen molar-refractivity contribution < 1.29 is 28.6 Å². The monoisotopic (exact) mass is 571 g/mol. The van der Waals surface area contributed by atoms with Crippen LogP contribution < -0.4 is 15.4 Å². The highest BCUT2D eigenvalue weighted by Gasteiger charge is 2.32. The molecule has 40 heavy (non-hydrogen) atoms. The molecule has 1 aliphatic heterocycles. The van der Waals surface area contributed by atoms with E-state index in [4.69, 9.17) is 25.5 Å². The number of fused-ring (bicyclic) bond motifs is 1. The Morgan fingerprint density at radius 2 is 1.95 bits per heavy atom. The molecule has 0 unspecified atom stereocenters. The lowest BCUT2D eigenvalue weighted by Gasteiger charge is -2.23. The number of methoxy groups -OCH3 is 1. The van der Waals surface area contributed by atoms with E-state index in [0.29, 0.717) is 48.0 Å². The number of amides is 2. The molecule has 216 valence electrons. The molecule has 1 aromatic heterocycles. The molecule has 4 rings (SSSR count). The molecule has 2 aromatic carbocycles. The Bertz CT molecular complexity index is 1290. The van der Waals surface area contributed by atoms with E-state index >= 15 is 0 Å². The van der Waals surface area contributed by atoms with Crippen LogP contribution in [0.25, 0.3) is 11.0 Å². The van der Waals surface area contributed by atoms with E-state index in [1.54, 1.807) is 12.1 Å². The molecule has 9 nitrogen and oxygen atoms in total. The number of aromatic hydroxyl groups is 1. The summed E-state index contributed by atoms with van der Waals surface area (Å²) in [4.78, 5) is 27.7. The number of halogens is 1. The predicted molar refractivity (Wildman–Crippen MR) is 155 cm³/mol. The second-order valence-electron chi connectivity index (χ2n) is 9.92. The van der Waals surface area contributed by atoms with Crippen molar-refractivity contribution in [2.45, 2.75) is 51.7 Å². The van der Waals surface area contributed by atoms with Crippen LogP contribution in [0.5, 0.6) is 11.5 Å². The lowest BCUT2D eigenvalue weighted by Crippen LogP contribution is -2.40. The number of phenols is 1. The summed E-state index contributed by atoms with van der Waals surface area (Å²) in [6.45, 7) is 7.13. The predicted octanol–water partition coefficient (Wildman–Crippen LogP) is 4.78. The lowest BCUT2D eigenvalue weighted by molar-refractivity contribution is 0.0568. The number of hydrogen-bond acceptors (Lipinski definition) is 7. The van der Waals surface area contributed by atoms with Crippen molar-refractivity contribution in [3.8, 4) is 11.5 Å². The summed E-state index contributed by atoms with van der Waals surface area (Å²) in [6, 6.07) is 11.0. The first-order valence-corrected chi connectivity index (χ1v) is 14.2. The molecule has 0 radical (unpaired) electrons. The van der Waals surface area contributed by atoms with Gasteiger partial charge in [-0.25, -0.2) is 0 Å². The summed E-state index contributed by atoms with van der Waals surface area (Å²) in [5, 5.41) is 17.7. The summed E-state index contributed by atoms with van der Waals surface area (Å²) < 4.78 is 17.1. The van der Waals surface area contributed by atoms with Gasteiger partial charge in [-0.2, -0.15) is 0 Å². The van der Waals surface area contributed by atoms with Gasteiger partial charge in [-0.05, 0) is 56.0 Å². The van der Waals surface area contributed by atoms with Gasteiger partial charge in [0.15, 0.2) is 11.5 Å². The Kier molecular flexibility index (Phi) is 10.3. The maximum absolute atomic E-state index is 13.1. The summed E-state index contributed by atoms with van der Waals surface area (Å²) in [5.41, 5.74) is 1.35. The second-order valence-corrected chi connectivity index (χ2v) is 10.3. The first kappa shape index (κ1) is 29.7. The van der Waals surface area contributed by atoms with Crippen LogP contribution in [0.2, 0.25) is 5.02 Å². The average molecular weight is 572 g/mol. The van der Waals surface area contributed by atoms with Crippen molar-refractivity contribution in [3.05, 3.63) is 58.3 Å². The number of nitrogens with one attached hydrogen (secondary N) is 2. The molecule has 0 aliphatic carbocycles. The third kappa shape index (κ3) is 6.89. The zero-order valence-corrected chi connectivity index (χ0v) is 24.1. The van der Waals surface area contributed by atoms with Gasteiger partial charge >= 0.3 is 0 Å². The Morgan fingerprint density at radius 3 is 2.67 bits per heavy atom. The SMILES string of the molecule is CCc1cc(Cl)c(OC)c(C(=O)NC[C@@H]2C[C@@H](OCCCCNC(=O)c3cc4ccccc4o3)CN2CC)c1O. The summed E-state index contributed by atoms with van der Waals surface area (Å²) >= 11 is 6.29. The number of carbonyl (C=O) groups is 2. The Balaban J connectivity index is 1.19. The van der Waals surface area contributed by atoms with Gasteiger partial charge in [0, 0.05) is 37.7 Å². The van der Waals surface area contributed by atoms with Crippen molar-refractivity contribution in [1.82, 2.24) is 15.5 Å². The Hall–Kier alpha value is -3.27. The molecule has 0 bridgehead atoms. The van der Waals surface area contributed by atoms with Crippen molar-refractivity contribution in [2.24, 2.45) is 0 Å². The molecule has 2 atom stereocenters. The second kappa shape index (κ2) is 13.9. The van der Waals surface area contributed by atoms with Crippen LogP contribution in [-0.2, 0) is 11.2 Å². The average Bonchev–Trinajstić information content (AvgIpc) is 3.58. The van der Waals surface area contributed by atoms with Crippen molar-refractivity contribution >= 4 is 34.4 Å². The summed E-state index contributed by atoms with van der Waals surface area (Å²) in [7, 11) is 1.43. The van der Waals surface area contributed by atoms with E-state index in [9.17, 15) is 14.7 Å². The standard InChI is InChI=1S/C30H38ClN3O6/c1-4-19-14-23(31)28(38-3)26(27(19)35)30(37)33-17-21-16-22(18-34(21)5-2)39-13-9-8-12-32-29(36)25-15-20-10-6-7-11-24(20)40-25/h6-7,10-11,14-15,21-22,35H,4-5,8-9,12-13,16-18H2,1-3H3,(H,32,36)(H,33,37)/t21-,22+/m0/s1. The van der Waals surface area contributed by atoms with Gasteiger partial charge < -0.3 is 29.6 Å². The number of para-hydroxylation sites is 1. The molecule has 1 aliphatic rings. The fourth-order valence-corrected chi connectivity index (χ4v) is 5.47. The number of unbranched alkanes of at least 4 members (excludes halogenated alkanes) is 1. The number of likely N-dealkylation sites (N-methyl/N-ethyl adjacent to an activating group) is 1. The number of nitrogens with zero attached hydrogens (tertiary/aromatic N) is 1. The van der Waals surface area contributed by atoms with Gasteiger partial charge in [0.1, 0.15) is 16.9 Å². The van der Waals surface area contributed by atoms with Gasteiger partial charge in [-0.15, -0.1) is 0 Å². The van der Waals surface area contributed by atoms with E-state index in [-0.39, 0.29) is 35.1 Å². The number of carbonyl (C=O) groups excluding carboxylic acids is 2. The minimum absolute atomic E-state index is 0.0628. The molecular weight excluding hydrogens is 534 g/mol. The first-order chi connectivity index (χ1) is 19.4.